The SMILES string of the molecule is COC(=O)C1(NC(=O)COC(=O)C(C)OCCC(C)C)CCCCC1. The van der Waals surface area contributed by atoms with Crippen LogP contribution in [0.2, 0.25) is 0 Å². The van der Waals surface area contributed by atoms with Gasteiger partial charge in [-0.15, -0.1) is 0 Å². The average Bonchev–Trinajstić information content (AvgIpc) is 2.59. The van der Waals surface area contributed by atoms with Crippen molar-refractivity contribution in [2.45, 2.75) is 70.9 Å². The van der Waals surface area contributed by atoms with E-state index in [9.17, 15) is 14.4 Å². The van der Waals surface area contributed by atoms with Gasteiger partial charge in [0, 0.05) is 6.61 Å². The number of amides is 1. The minimum Gasteiger partial charge on any atom is -0.467 e. The first kappa shape index (κ1) is 21.4. The highest BCUT2D eigenvalue weighted by molar-refractivity contribution is 5.89. The van der Waals surface area contributed by atoms with Gasteiger partial charge in [-0.25, -0.2) is 9.59 Å². The molecule has 0 aliphatic heterocycles. The topological polar surface area (TPSA) is 90.9 Å². The van der Waals surface area contributed by atoms with Crippen molar-refractivity contribution in [2.75, 3.05) is 20.3 Å². The molecule has 1 aliphatic carbocycles. The molecule has 7 heteroatoms. The number of rotatable bonds is 9. The van der Waals surface area contributed by atoms with Crippen LogP contribution in [-0.4, -0.2) is 49.8 Å². The summed E-state index contributed by atoms with van der Waals surface area (Å²) < 4.78 is 15.2. The van der Waals surface area contributed by atoms with Crippen LogP contribution in [0.4, 0.5) is 0 Å². The molecule has 1 rings (SSSR count). The van der Waals surface area contributed by atoms with E-state index in [1.54, 1.807) is 6.92 Å². The van der Waals surface area contributed by atoms with Gasteiger partial charge in [0.2, 0.25) is 0 Å². The highest BCUT2D eigenvalue weighted by atomic mass is 16.6. The Balaban J connectivity index is 2.44. The molecule has 0 aromatic rings. The molecule has 144 valence electrons. The molecule has 0 radical (unpaired) electrons. The van der Waals surface area contributed by atoms with Crippen LogP contribution in [0.5, 0.6) is 0 Å². The van der Waals surface area contributed by atoms with E-state index in [1.165, 1.54) is 7.11 Å². The zero-order chi connectivity index (χ0) is 18.9. The van der Waals surface area contributed by atoms with E-state index < -0.39 is 36.1 Å². The maximum atomic E-state index is 12.1. The molecule has 1 unspecified atom stereocenters. The van der Waals surface area contributed by atoms with E-state index in [2.05, 4.69) is 19.2 Å². The monoisotopic (exact) mass is 357 g/mol. The van der Waals surface area contributed by atoms with E-state index in [0.717, 1.165) is 25.7 Å². The predicted octanol–water partition coefficient (Wildman–Crippen LogP) is 1.97. The number of hydrogen-bond donors (Lipinski definition) is 1. The second kappa shape index (κ2) is 10.4. The van der Waals surface area contributed by atoms with E-state index in [-0.39, 0.29) is 0 Å². The van der Waals surface area contributed by atoms with Crippen LogP contribution in [0.25, 0.3) is 0 Å². The minimum atomic E-state index is -1.00. The van der Waals surface area contributed by atoms with E-state index in [1.807, 2.05) is 0 Å². The molecule has 1 aliphatic rings. The van der Waals surface area contributed by atoms with Gasteiger partial charge < -0.3 is 19.5 Å². The molecule has 25 heavy (non-hydrogen) atoms. The van der Waals surface area contributed by atoms with Crippen molar-refractivity contribution in [3.63, 3.8) is 0 Å². The first-order chi connectivity index (χ1) is 11.8. The summed E-state index contributed by atoms with van der Waals surface area (Å²) in [6, 6.07) is 0. The lowest BCUT2D eigenvalue weighted by atomic mass is 9.81. The summed E-state index contributed by atoms with van der Waals surface area (Å²) >= 11 is 0. The molecule has 7 nitrogen and oxygen atoms in total. The van der Waals surface area contributed by atoms with Gasteiger partial charge in [-0.1, -0.05) is 33.1 Å². The summed E-state index contributed by atoms with van der Waals surface area (Å²) in [5.41, 5.74) is -1.00. The first-order valence-electron chi connectivity index (χ1n) is 8.98. The summed E-state index contributed by atoms with van der Waals surface area (Å²) in [6.45, 7) is 5.76. The molecular weight excluding hydrogens is 326 g/mol. The molecular formula is C18H31NO6. The van der Waals surface area contributed by atoms with Gasteiger partial charge in [-0.3, -0.25) is 4.79 Å². The van der Waals surface area contributed by atoms with Crippen molar-refractivity contribution in [1.82, 2.24) is 5.32 Å². The van der Waals surface area contributed by atoms with Crippen LogP contribution in [-0.2, 0) is 28.6 Å². The second-order valence-corrected chi connectivity index (χ2v) is 6.99. The Hall–Kier alpha value is -1.63. The molecule has 0 spiro atoms. The molecule has 0 aromatic heterocycles. The number of ether oxygens (including phenoxy) is 3. The summed E-state index contributed by atoms with van der Waals surface area (Å²) in [5.74, 6) is -1.05. The fourth-order valence-corrected chi connectivity index (χ4v) is 2.84. The van der Waals surface area contributed by atoms with Crippen LogP contribution in [0.15, 0.2) is 0 Å². The Labute approximate surface area is 149 Å². The molecule has 0 saturated heterocycles. The van der Waals surface area contributed by atoms with Crippen molar-refractivity contribution >= 4 is 17.8 Å². The van der Waals surface area contributed by atoms with Gasteiger partial charge in [0.1, 0.15) is 5.54 Å². The van der Waals surface area contributed by atoms with Gasteiger partial charge in [0.15, 0.2) is 12.7 Å². The molecule has 1 fully saturated rings. The van der Waals surface area contributed by atoms with E-state index in [0.29, 0.717) is 25.4 Å². The van der Waals surface area contributed by atoms with Crippen LogP contribution in [0.1, 0.15) is 59.3 Å². The third-order valence-corrected chi connectivity index (χ3v) is 4.40. The standard InChI is InChI=1S/C18H31NO6/c1-13(2)8-11-24-14(3)16(21)25-12-15(20)19-18(17(22)23-4)9-6-5-7-10-18/h13-14H,5-12H2,1-4H3,(H,19,20). The van der Waals surface area contributed by atoms with Gasteiger partial charge in [0.05, 0.1) is 7.11 Å². The van der Waals surface area contributed by atoms with Crippen LogP contribution in [0, 0.1) is 5.92 Å². The van der Waals surface area contributed by atoms with Crippen molar-refractivity contribution in [3.05, 3.63) is 0 Å². The Kier molecular flexibility index (Phi) is 8.89. The molecule has 0 aromatic carbocycles. The number of carbonyl (C=O) groups is 3. The van der Waals surface area contributed by atoms with E-state index >= 15 is 0 Å². The van der Waals surface area contributed by atoms with Crippen LogP contribution < -0.4 is 5.32 Å². The lowest BCUT2D eigenvalue weighted by molar-refractivity contribution is -0.161. The molecule has 1 N–H and O–H groups in total. The lowest BCUT2D eigenvalue weighted by Crippen LogP contribution is -2.57. The van der Waals surface area contributed by atoms with Crippen molar-refractivity contribution in [2.24, 2.45) is 5.92 Å². The number of methoxy groups -OCH3 is 1. The lowest BCUT2D eigenvalue weighted by Gasteiger charge is -2.35. The Morgan fingerprint density at radius 1 is 1.08 bits per heavy atom. The highest BCUT2D eigenvalue weighted by Crippen LogP contribution is 2.29. The minimum absolute atomic E-state index is 0.435. The quantitative estimate of drug-likeness (QED) is 0.635. The summed E-state index contributed by atoms with van der Waals surface area (Å²) in [4.78, 5) is 36.1. The largest absolute Gasteiger partial charge is 0.467 e. The predicted molar refractivity (Wildman–Crippen MR) is 91.8 cm³/mol. The first-order valence-corrected chi connectivity index (χ1v) is 8.98. The third-order valence-electron chi connectivity index (χ3n) is 4.40. The summed E-state index contributed by atoms with van der Waals surface area (Å²) in [5, 5.41) is 2.70. The van der Waals surface area contributed by atoms with E-state index in [4.69, 9.17) is 14.2 Å². The van der Waals surface area contributed by atoms with Crippen molar-refractivity contribution in [1.29, 1.82) is 0 Å². The zero-order valence-electron chi connectivity index (χ0n) is 15.8. The number of hydrogen-bond acceptors (Lipinski definition) is 6. The Morgan fingerprint density at radius 2 is 1.72 bits per heavy atom. The highest BCUT2D eigenvalue weighted by Gasteiger charge is 2.42. The van der Waals surface area contributed by atoms with Crippen molar-refractivity contribution < 1.29 is 28.6 Å². The number of carbonyl (C=O) groups excluding carboxylic acids is 3. The third kappa shape index (κ3) is 7.02. The molecule has 1 atom stereocenters. The summed E-state index contributed by atoms with van der Waals surface area (Å²) in [6.07, 6.45) is 3.90. The normalized spacial score (nSPS) is 17.6. The van der Waals surface area contributed by atoms with Gasteiger partial charge in [-0.05, 0) is 32.1 Å². The average molecular weight is 357 g/mol. The fraction of sp³-hybridized carbons (Fsp3) is 0.833. The Morgan fingerprint density at radius 3 is 2.28 bits per heavy atom. The van der Waals surface area contributed by atoms with Gasteiger partial charge in [0.25, 0.3) is 5.91 Å². The molecule has 1 amide bonds. The van der Waals surface area contributed by atoms with Crippen LogP contribution >= 0.6 is 0 Å². The van der Waals surface area contributed by atoms with Crippen molar-refractivity contribution in [3.8, 4) is 0 Å². The summed E-state index contributed by atoms with van der Waals surface area (Å²) in [7, 11) is 1.31. The van der Waals surface area contributed by atoms with Crippen LogP contribution in [0.3, 0.4) is 0 Å². The maximum Gasteiger partial charge on any atom is 0.335 e. The maximum absolute atomic E-state index is 12.1. The fourth-order valence-electron chi connectivity index (χ4n) is 2.84. The molecule has 1 saturated carbocycles. The Bertz CT molecular complexity index is 456. The molecule has 0 heterocycles. The molecule has 0 bridgehead atoms. The van der Waals surface area contributed by atoms with Gasteiger partial charge in [-0.2, -0.15) is 0 Å². The second-order valence-electron chi connectivity index (χ2n) is 6.99. The zero-order valence-corrected chi connectivity index (χ0v) is 15.8. The number of nitrogens with one attached hydrogen (secondary N) is 1. The van der Waals surface area contributed by atoms with Gasteiger partial charge >= 0.3 is 11.9 Å². The smallest absolute Gasteiger partial charge is 0.335 e. The number of esters is 2.